The molecule has 42 heavy (non-hydrogen) atoms. The highest BCUT2D eigenvalue weighted by atomic mass is 16.7. The number of hydroxylamine groups is 1. The maximum atomic E-state index is 13.7. The fraction of sp³-hybridized carbons (Fsp3) is 0.467. The van der Waals surface area contributed by atoms with E-state index < -0.39 is 79.3 Å². The van der Waals surface area contributed by atoms with Gasteiger partial charge < -0.3 is 28.4 Å². The molecule has 0 saturated carbocycles. The van der Waals surface area contributed by atoms with Gasteiger partial charge >= 0.3 is 23.9 Å². The Labute approximate surface area is 243 Å². The number of hydrogen-bond donors (Lipinski definition) is 0. The molecular formula is C30H35NO11. The minimum Gasteiger partial charge on any atom is -0.462 e. The van der Waals surface area contributed by atoms with Gasteiger partial charge in [-0.3, -0.25) is 24.0 Å². The Morgan fingerprint density at radius 1 is 0.786 bits per heavy atom. The predicted molar refractivity (Wildman–Crippen MR) is 145 cm³/mol. The first-order chi connectivity index (χ1) is 20.1. The van der Waals surface area contributed by atoms with E-state index >= 15 is 0 Å². The van der Waals surface area contributed by atoms with E-state index in [2.05, 4.69) is 0 Å². The Morgan fingerprint density at radius 3 is 1.90 bits per heavy atom. The second-order valence-corrected chi connectivity index (χ2v) is 9.98. The van der Waals surface area contributed by atoms with E-state index in [0.717, 1.165) is 25.1 Å². The number of para-hydroxylation sites is 1. The molecule has 2 saturated heterocycles. The van der Waals surface area contributed by atoms with E-state index in [1.807, 2.05) is 60.7 Å². The van der Waals surface area contributed by atoms with Gasteiger partial charge in [0.15, 0.2) is 24.6 Å². The number of carbonyl (C=O) groups excluding carboxylic acids is 4. The van der Waals surface area contributed by atoms with Crippen LogP contribution < -0.4 is 5.06 Å². The number of methoxy groups -OCH3 is 1. The molecule has 12 nitrogen and oxygen atoms in total. The van der Waals surface area contributed by atoms with E-state index in [4.69, 9.17) is 33.3 Å². The Balaban J connectivity index is 1.60. The lowest BCUT2D eigenvalue weighted by atomic mass is 9.90. The second kappa shape index (κ2) is 13.8. The lowest BCUT2D eigenvalue weighted by molar-refractivity contribution is -0.302. The monoisotopic (exact) mass is 585 g/mol. The van der Waals surface area contributed by atoms with Crippen LogP contribution in [0.3, 0.4) is 0 Å². The van der Waals surface area contributed by atoms with Crippen LogP contribution in [-0.4, -0.2) is 74.4 Å². The molecule has 0 spiro atoms. The van der Waals surface area contributed by atoms with Crippen LogP contribution in [0, 0.1) is 5.92 Å². The zero-order valence-electron chi connectivity index (χ0n) is 24.0. The van der Waals surface area contributed by atoms with Crippen molar-refractivity contribution < 1.29 is 52.4 Å². The summed E-state index contributed by atoms with van der Waals surface area (Å²) >= 11 is 0. The topological polar surface area (TPSA) is 136 Å². The van der Waals surface area contributed by atoms with Gasteiger partial charge in [-0.25, -0.2) is 5.06 Å². The third-order valence-corrected chi connectivity index (χ3v) is 6.92. The van der Waals surface area contributed by atoms with Crippen molar-refractivity contribution in [3.05, 3.63) is 66.2 Å². The van der Waals surface area contributed by atoms with Crippen molar-refractivity contribution in [3.8, 4) is 0 Å². The quantitative estimate of drug-likeness (QED) is 0.316. The maximum absolute atomic E-state index is 13.7. The highest BCUT2D eigenvalue weighted by Crippen LogP contribution is 2.43. The molecule has 0 N–H and O–H groups in total. The van der Waals surface area contributed by atoms with E-state index in [1.165, 1.54) is 14.0 Å². The summed E-state index contributed by atoms with van der Waals surface area (Å²) in [5, 5.41) is 1.70. The van der Waals surface area contributed by atoms with Crippen molar-refractivity contribution in [2.75, 3.05) is 18.8 Å². The van der Waals surface area contributed by atoms with Crippen molar-refractivity contribution in [1.82, 2.24) is 0 Å². The molecule has 3 unspecified atom stereocenters. The molecule has 0 bridgehead atoms. The normalized spacial score (nSPS) is 28.9. The predicted octanol–water partition coefficient (Wildman–Crippen LogP) is 2.89. The average Bonchev–Trinajstić information content (AvgIpc) is 3.31. The molecule has 0 radical (unpaired) electrons. The Hall–Kier alpha value is -4.00. The van der Waals surface area contributed by atoms with E-state index in [0.29, 0.717) is 0 Å². The molecule has 2 fully saturated rings. The smallest absolute Gasteiger partial charge is 0.314 e. The fourth-order valence-corrected chi connectivity index (χ4v) is 5.26. The van der Waals surface area contributed by atoms with Crippen molar-refractivity contribution >= 4 is 29.6 Å². The van der Waals surface area contributed by atoms with Gasteiger partial charge in [0.05, 0.1) is 17.8 Å². The Morgan fingerprint density at radius 2 is 1.33 bits per heavy atom. The van der Waals surface area contributed by atoms with E-state index in [1.54, 1.807) is 12.0 Å². The van der Waals surface area contributed by atoms with Gasteiger partial charge in [0.1, 0.15) is 18.6 Å². The van der Waals surface area contributed by atoms with Gasteiger partial charge in [0.2, 0.25) is 0 Å². The SMILES string of the molecule is CO[C@H]1O[C@H](COC(=O)C2C(C)ON(c3ccccc3)C2c2ccccc2)[C@@H](OC(C)=O)[C@H](OC(C)=O)[C@H]1OC(C)=O. The molecule has 2 aromatic rings. The molecule has 2 heterocycles. The van der Waals surface area contributed by atoms with Crippen LogP contribution in [0.25, 0.3) is 0 Å². The summed E-state index contributed by atoms with van der Waals surface area (Å²) in [5.41, 5.74) is 1.61. The van der Waals surface area contributed by atoms with Crippen molar-refractivity contribution in [1.29, 1.82) is 0 Å². The van der Waals surface area contributed by atoms with Gasteiger partial charge in [0.25, 0.3) is 0 Å². The molecule has 8 atom stereocenters. The van der Waals surface area contributed by atoms with Crippen LogP contribution in [-0.2, 0) is 52.4 Å². The number of anilines is 1. The van der Waals surface area contributed by atoms with Crippen LogP contribution in [0.4, 0.5) is 5.69 Å². The number of rotatable bonds is 9. The lowest BCUT2D eigenvalue weighted by Crippen LogP contribution is -2.62. The summed E-state index contributed by atoms with van der Waals surface area (Å²) in [6.45, 7) is 4.88. The van der Waals surface area contributed by atoms with Gasteiger partial charge in [-0.05, 0) is 24.6 Å². The summed E-state index contributed by atoms with van der Waals surface area (Å²) in [6.07, 6.45) is -6.73. The second-order valence-electron chi connectivity index (χ2n) is 9.98. The maximum Gasteiger partial charge on any atom is 0.314 e. The van der Waals surface area contributed by atoms with Gasteiger partial charge in [-0.15, -0.1) is 0 Å². The van der Waals surface area contributed by atoms with Crippen LogP contribution >= 0.6 is 0 Å². The van der Waals surface area contributed by atoms with Crippen molar-refractivity contribution in [2.24, 2.45) is 5.92 Å². The van der Waals surface area contributed by atoms with Crippen molar-refractivity contribution in [3.63, 3.8) is 0 Å². The Bertz CT molecular complexity index is 1240. The zero-order chi connectivity index (χ0) is 30.4. The molecule has 4 rings (SSSR count). The molecule has 2 aromatic carbocycles. The van der Waals surface area contributed by atoms with Gasteiger partial charge in [-0.1, -0.05) is 48.5 Å². The highest BCUT2D eigenvalue weighted by molar-refractivity contribution is 5.76. The first-order valence-corrected chi connectivity index (χ1v) is 13.5. The summed E-state index contributed by atoms with van der Waals surface area (Å²) in [4.78, 5) is 55.7. The number of carbonyl (C=O) groups is 4. The Kier molecular flexibility index (Phi) is 10.2. The molecular weight excluding hydrogens is 550 g/mol. The van der Waals surface area contributed by atoms with Crippen LogP contribution in [0.1, 0.15) is 39.3 Å². The van der Waals surface area contributed by atoms with Crippen LogP contribution in [0.2, 0.25) is 0 Å². The number of hydrogen-bond acceptors (Lipinski definition) is 12. The third kappa shape index (κ3) is 7.07. The molecule has 0 aromatic heterocycles. The van der Waals surface area contributed by atoms with Crippen molar-refractivity contribution in [2.45, 2.75) is 70.5 Å². The average molecular weight is 586 g/mol. The highest BCUT2D eigenvalue weighted by Gasteiger charge is 2.53. The molecule has 0 amide bonds. The minimum atomic E-state index is -1.29. The largest absolute Gasteiger partial charge is 0.462 e. The summed E-state index contributed by atoms with van der Waals surface area (Å²) in [7, 11) is 1.31. The van der Waals surface area contributed by atoms with Crippen LogP contribution in [0.5, 0.6) is 0 Å². The number of ether oxygens (including phenoxy) is 6. The standard InChI is InChI=1S/C30H35NO11/c1-17-24(25(21-12-8-6-9-13-21)31(42-17)22-14-10-7-11-15-22)29(35)37-16-23-26(38-18(2)32)27(39-19(3)33)28(40-20(4)34)30(36-5)41-23/h6-15,17,23-28,30H,16H2,1-5H3/t17?,23-,24?,25?,26-,27+,28-,30+/m1/s1. The van der Waals surface area contributed by atoms with Crippen LogP contribution in [0.15, 0.2) is 60.7 Å². The summed E-state index contributed by atoms with van der Waals surface area (Å²) in [5.74, 6) is -3.46. The number of esters is 4. The third-order valence-electron chi connectivity index (χ3n) is 6.92. The number of nitrogens with zero attached hydrogens (tertiary/aromatic N) is 1. The minimum absolute atomic E-state index is 0.392. The number of benzene rings is 2. The van der Waals surface area contributed by atoms with Gasteiger partial charge in [-0.2, -0.15) is 0 Å². The van der Waals surface area contributed by atoms with Gasteiger partial charge in [0, 0.05) is 27.9 Å². The lowest BCUT2D eigenvalue weighted by Gasteiger charge is -2.43. The summed E-state index contributed by atoms with van der Waals surface area (Å²) in [6, 6.07) is 18.4. The van der Waals surface area contributed by atoms with E-state index in [9.17, 15) is 19.2 Å². The molecule has 2 aliphatic heterocycles. The molecule has 0 aliphatic carbocycles. The first kappa shape index (κ1) is 30.9. The van der Waals surface area contributed by atoms with E-state index in [-0.39, 0.29) is 0 Å². The molecule has 226 valence electrons. The molecule has 12 heteroatoms. The summed E-state index contributed by atoms with van der Waals surface area (Å²) < 4.78 is 33.3. The zero-order valence-corrected chi connectivity index (χ0v) is 24.0. The fourth-order valence-electron chi connectivity index (χ4n) is 5.26. The molecule has 2 aliphatic rings. The first-order valence-electron chi connectivity index (χ1n) is 13.5.